The van der Waals surface area contributed by atoms with Gasteiger partial charge in [-0.25, -0.2) is 4.98 Å². The van der Waals surface area contributed by atoms with Crippen molar-refractivity contribution in [1.29, 1.82) is 0 Å². The Kier molecular flexibility index (Phi) is 3.20. The highest BCUT2D eigenvalue weighted by Gasteiger charge is 2.25. The molecule has 3 rings (SSSR count). The topological polar surface area (TPSA) is 34.9 Å². The van der Waals surface area contributed by atoms with E-state index in [1.54, 1.807) is 6.20 Å². The molecule has 1 aliphatic carbocycles. The summed E-state index contributed by atoms with van der Waals surface area (Å²) in [7, 11) is 1.94. The molecular weight excluding hydrogens is 236 g/mol. The number of imidazole rings is 1. The molecule has 0 aliphatic heterocycles. The van der Waals surface area contributed by atoms with Gasteiger partial charge in [-0.05, 0) is 30.4 Å². The van der Waals surface area contributed by atoms with E-state index in [4.69, 9.17) is 0 Å². The maximum atomic E-state index is 12.4. The van der Waals surface area contributed by atoms with Crippen molar-refractivity contribution in [1.82, 2.24) is 9.55 Å². The fraction of sp³-hybridized carbons (Fsp3) is 0.375. The summed E-state index contributed by atoms with van der Waals surface area (Å²) in [6.07, 6.45) is 6.97. The van der Waals surface area contributed by atoms with Crippen LogP contribution in [-0.4, -0.2) is 15.3 Å². The molecule has 19 heavy (non-hydrogen) atoms. The number of hydrogen-bond donors (Lipinski definition) is 0. The second-order valence-electron chi connectivity index (χ2n) is 5.31. The van der Waals surface area contributed by atoms with Gasteiger partial charge in [0.05, 0.1) is 6.42 Å². The maximum absolute atomic E-state index is 12.4. The molecule has 3 nitrogen and oxygen atoms in total. The molecule has 1 aromatic heterocycles. The van der Waals surface area contributed by atoms with E-state index >= 15 is 0 Å². The van der Waals surface area contributed by atoms with Crippen LogP contribution < -0.4 is 0 Å². The fourth-order valence-electron chi connectivity index (χ4n) is 2.84. The summed E-state index contributed by atoms with van der Waals surface area (Å²) in [5.74, 6) is 1.35. The highest BCUT2D eigenvalue weighted by atomic mass is 16.1. The maximum Gasteiger partial charge on any atom is 0.143 e. The van der Waals surface area contributed by atoms with Gasteiger partial charge in [-0.3, -0.25) is 4.79 Å². The first-order valence-electron chi connectivity index (χ1n) is 6.80. The Morgan fingerprint density at radius 3 is 2.89 bits per heavy atom. The smallest absolute Gasteiger partial charge is 0.143 e. The first-order chi connectivity index (χ1) is 9.24. The lowest BCUT2D eigenvalue weighted by Gasteiger charge is -2.23. The van der Waals surface area contributed by atoms with Gasteiger partial charge in [0.25, 0.3) is 0 Å². The van der Waals surface area contributed by atoms with Crippen LogP contribution in [0.25, 0.3) is 0 Å². The summed E-state index contributed by atoms with van der Waals surface area (Å²) in [6, 6.07) is 8.46. The molecule has 1 aromatic carbocycles. The first kappa shape index (κ1) is 12.2. The zero-order valence-corrected chi connectivity index (χ0v) is 11.2. The number of hydrogen-bond acceptors (Lipinski definition) is 2. The highest BCUT2D eigenvalue weighted by molar-refractivity contribution is 5.83. The molecule has 0 fully saturated rings. The zero-order chi connectivity index (χ0) is 13.2. The summed E-state index contributed by atoms with van der Waals surface area (Å²) in [5, 5.41) is 0. The van der Waals surface area contributed by atoms with Crippen LogP contribution in [0.2, 0.25) is 0 Å². The van der Waals surface area contributed by atoms with E-state index in [0.717, 1.165) is 25.1 Å². The van der Waals surface area contributed by atoms with E-state index < -0.39 is 0 Å². The van der Waals surface area contributed by atoms with Crippen molar-refractivity contribution in [3.63, 3.8) is 0 Å². The molecule has 0 saturated carbocycles. The Hall–Kier alpha value is -1.90. The summed E-state index contributed by atoms with van der Waals surface area (Å²) < 4.78 is 1.93. The molecule has 1 unspecified atom stereocenters. The van der Waals surface area contributed by atoms with Gasteiger partial charge in [0.1, 0.15) is 11.6 Å². The molecule has 1 atom stereocenters. The third-order valence-electron chi connectivity index (χ3n) is 4.06. The largest absolute Gasteiger partial charge is 0.338 e. The molecule has 0 N–H and O–H groups in total. The predicted octanol–water partition coefficient (Wildman–Crippen LogP) is 2.34. The van der Waals surface area contributed by atoms with Crippen molar-refractivity contribution >= 4 is 5.78 Å². The van der Waals surface area contributed by atoms with Crippen molar-refractivity contribution < 1.29 is 4.79 Å². The number of rotatable bonds is 3. The molecule has 0 saturated heterocycles. The number of aromatic nitrogens is 2. The minimum Gasteiger partial charge on any atom is -0.338 e. The third-order valence-corrected chi connectivity index (χ3v) is 4.06. The van der Waals surface area contributed by atoms with Gasteiger partial charge in [-0.15, -0.1) is 0 Å². The van der Waals surface area contributed by atoms with Crippen molar-refractivity contribution in [2.75, 3.05) is 0 Å². The molecule has 1 aliphatic rings. The number of Topliss-reactive ketones (excluding diaryl/α,β-unsaturated/α-hetero) is 1. The normalized spacial score (nSPS) is 18.1. The zero-order valence-electron chi connectivity index (χ0n) is 11.2. The lowest BCUT2D eigenvalue weighted by molar-refractivity contribution is -0.122. The monoisotopic (exact) mass is 254 g/mol. The number of ketones is 1. The number of aryl methyl sites for hydroxylation is 2. The lowest BCUT2D eigenvalue weighted by atomic mass is 9.81. The van der Waals surface area contributed by atoms with Crippen LogP contribution in [0.5, 0.6) is 0 Å². The fourth-order valence-corrected chi connectivity index (χ4v) is 2.84. The van der Waals surface area contributed by atoms with Gasteiger partial charge in [0, 0.05) is 25.4 Å². The predicted molar refractivity (Wildman–Crippen MR) is 73.9 cm³/mol. The van der Waals surface area contributed by atoms with Crippen LogP contribution in [0.4, 0.5) is 0 Å². The van der Waals surface area contributed by atoms with Gasteiger partial charge in [-0.1, -0.05) is 24.3 Å². The molecule has 0 bridgehead atoms. The minimum atomic E-state index is 0.159. The molecule has 0 radical (unpaired) electrons. The standard InChI is InChI=1S/C16H18N2O/c1-18-9-8-17-16(18)11-15(19)14-7-6-12-4-2-3-5-13(12)10-14/h2-5,8-9,14H,6-7,10-11H2,1H3. The Morgan fingerprint density at radius 1 is 1.37 bits per heavy atom. The molecule has 0 amide bonds. The van der Waals surface area contributed by atoms with Crippen LogP contribution in [0.1, 0.15) is 23.4 Å². The number of benzene rings is 1. The number of fused-ring (bicyclic) bond motifs is 1. The molecule has 0 spiro atoms. The van der Waals surface area contributed by atoms with E-state index in [-0.39, 0.29) is 5.92 Å². The van der Waals surface area contributed by atoms with Crippen LogP contribution >= 0.6 is 0 Å². The summed E-state index contributed by atoms with van der Waals surface area (Å²) in [6.45, 7) is 0. The van der Waals surface area contributed by atoms with Crippen LogP contribution in [0.15, 0.2) is 36.7 Å². The van der Waals surface area contributed by atoms with Gasteiger partial charge in [-0.2, -0.15) is 0 Å². The Bertz CT molecular complexity index is 600. The molecule has 3 heteroatoms. The SMILES string of the molecule is Cn1ccnc1CC(=O)C1CCc2ccccc2C1. The van der Waals surface area contributed by atoms with Gasteiger partial charge < -0.3 is 4.57 Å². The van der Waals surface area contributed by atoms with Gasteiger partial charge in [0.2, 0.25) is 0 Å². The van der Waals surface area contributed by atoms with Crippen molar-refractivity contribution in [2.45, 2.75) is 25.7 Å². The summed E-state index contributed by atoms with van der Waals surface area (Å²) >= 11 is 0. The van der Waals surface area contributed by atoms with Gasteiger partial charge in [0.15, 0.2) is 0 Å². The minimum absolute atomic E-state index is 0.159. The highest BCUT2D eigenvalue weighted by Crippen LogP contribution is 2.26. The van der Waals surface area contributed by atoms with Crippen LogP contribution in [-0.2, 0) is 31.1 Å². The summed E-state index contributed by atoms with van der Waals surface area (Å²) in [4.78, 5) is 16.6. The molecule has 1 heterocycles. The van der Waals surface area contributed by atoms with E-state index in [2.05, 4.69) is 29.2 Å². The number of nitrogens with zero attached hydrogens (tertiary/aromatic N) is 2. The first-order valence-corrected chi connectivity index (χ1v) is 6.80. The van der Waals surface area contributed by atoms with E-state index in [1.807, 2.05) is 17.8 Å². The van der Waals surface area contributed by atoms with E-state index in [0.29, 0.717) is 12.2 Å². The second kappa shape index (κ2) is 5.00. The van der Waals surface area contributed by atoms with Crippen molar-refractivity contribution in [3.05, 3.63) is 53.6 Å². The van der Waals surface area contributed by atoms with Crippen LogP contribution in [0, 0.1) is 5.92 Å². The Labute approximate surface area is 113 Å². The Morgan fingerprint density at radius 2 is 2.16 bits per heavy atom. The van der Waals surface area contributed by atoms with Crippen molar-refractivity contribution in [2.24, 2.45) is 13.0 Å². The average molecular weight is 254 g/mol. The Balaban J connectivity index is 1.71. The molecule has 98 valence electrons. The molecular formula is C16H18N2O. The number of carbonyl (C=O) groups excluding carboxylic acids is 1. The average Bonchev–Trinajstić information content (AvgIpc) is 2.84. The van der Waals surface area contributed by atoms with E-state index in [1.165, 1.54) is 11.1 Å². The van der Waals surface area contributed by atoms with Crippen LogP contribution in [0.3, 0.4) is 0 Å². The second-order valence-corrected chi connectivity index (χ2v) is 5.31. The van der Waals surface area contributed by atoms with E-state index in [9.17, 15) is 4.79 Å². The quantitative estimate of drug-likeness (QED) is 0.842. The summed E-state index contributed by atoms with van der Waals surface area (Å²) in [5.41, 5.74) is 2.75. The molecule has 2 aromatic rings. The third kappa shape index (κ3) is 2.46. The number of carbonyl (C=O) groups is 1. The lowest BCUT2D eigenvalue weighted by Crippen LogP contribution is -2.25. The van der Waals surface area contributed by atoms with Gasteiger partial charge >= 0.3 is 0 Å². The van der Waals surface area contributed by atoms with Crippen molar-refractivity contribution in [3.8, 4) is 0 Å².